The number of nitrogens with zero attached hydrogens (tertiary/aromatic N) is 2. The van der Waals surface area contributed by atoms with E-state index in [-0.39, 0.29) is 11.3 Å². The molecule has 1 atom stereocenters. The Balaban J connectivity index is 1.39. The molecule has 4 nitrogen and oxygen atoms in total. The minimum absolute atomic E-state index is 0.128. The van der Waals surface area contributed by atoms with Crippen LogP contribution in [0.1, 0.15) is 56.6 Å². The summed E-state index contributed by atoms with van der Waals surface area (Å²) in [4.78, 5) is 29.4. The van der Waals surface area contributed by atoms with Gasteiger partial charge in [-0.2, -0.15) is 0 Å². The van der Waals surface area contributed by atoms with Crippen LogP contribution in [0.2, 0.25) is 0 Å². The third-order valence-corrected chi connectivity index (χ3v) is 6.72. The third-order valence-electron chi connectivity index (χ3n) is 6.72. The van der Waals surface area contributed by atoms with Gasteiger partial charge in [0.25, 0.3) is 0 Å². The van der Waals surface area contributed by atoms with E-state index in [1.165, 1.54) is 18.4 Å². The first-order chi connectivity index (χ1) is 13.1. The topological polar surface area (TPSA) is 40.6 Å². The number of hydrogen-bond donors (Lipinski definition) is 0. The summed E-state index contributed by atoms with van der Waals surface area (Å²) in [6.45, 7) is 5.64. The summed E-state index contributed by atoms with van der Waals surface area (Å²) >= 11 is 0. The van der Waals surface area contributed by atoms with Crippen molar-refractivity contribution in [1.82, 2.24) is 9.80 Å². The van der Waals surface area contributed by atoms with Crippen LogP contribution < -0.4 is 0 Å². The Morgan fingerprint density at radius 2 is 1.85 bits per heavy atom. The second-order valence-corrected chi connectivity index (χ2v) is 8.98. The number of amides is 2. The quantitative estimate of drug-likeness (QED) is 0.799. The van der Waals surface area contributed by atoms with Crippen LogP contribution in [0.3, 0.4) is 0 Å². The van der Waals surface area contributed by atoms with Crippen molar-refractivity contribution in [3.8, 4) is 0 Å². The number of likely N-dealkylation sites (tertiary alicyclic amines) is 2. The van der Waals surface area contributed by atoms with Crippen molar-refractivity contribution in [3.63, 3.8) is 0 Å². The molecule has 4 rings (SSSR count). The number of aryl methyl sites for hydroxylation is 1. The molecule has 4 heteroatoms. The monoisotopic (exact) mass is 368 g/mol. The van der Waals surface area contributed by atoms with Gasteiger partial charge in [0.05, 0.1) is 6.42 Å². The van der Waals surface area contributed by atoms with Gasteiger partial charge >= 0.3 is 0 Å². The maximum absolute atomic E-state index is 12.9. The van der Waals surface area contributed by atoms with Gasteiger partial charge in [0.2, 0.25) is 11.8 Å². The predicted octanol–water partition coefficient (Wildman–Crippen LogP) is 3.43. The minimum Gasteiger partial charge on any atom is -0.342 e. The lowest BCUT2D eigenvalue weighted by Gasteiger charge is -2.48. The molecule has 3 aliphatic rings. The zero-order valence-corrected chi connectivity index (χ0v) is 16.6. The molecule has 1 saturated carbocycles. The summed E-state index contributed by atoms with van der Waals surface area (Å²) in [5.41, 5.74) is 2.54. The molecule has 0 unspecified atom stereocenters. The van der Waals surface area contributed by atoms with Crippen molar-refractivity contribution in [3.05, 3.63) is 35.4 Å². The van der Waals surface area contributed by atoms with E-state index in [1.807, 2.05) is 0 Å². The van der Waals surface area contributed by atoms with E-state index in [9.17, 15) is 9.59 Å². The highest BCUT2D eigenvalue weighted by molar-refractivity contribution is 5.79. The van der Waals surface area contributed by atoms with Crippen LogP contribution in [-0.4, -0.2) is 47.8 Å². The Labute approximate surface area is 162 Å². The van der Waals surface area contributed by atoms with Crippen molar-refractivity contribution >= 4 is 11.8 Å². The van der Waals surface area contributed by atoms with Crippen LogP contribution in [-0.2, 0) is 22.4 Å². The number of rotatable bonds is 5. The van der Waals surface area contributed by atoms with E-state index in [0.717, 1.165) is 63.3 Å². The van der Waals surface area contributed by atoms with Gasteiger partial charge < -0.3 is 9.80 Å². The van der Waals surface area contributed by atoms with Crippen molar-refractivity contribution in [2.75, 3.05) is 26.2 Å². The lowest BCUT2D eigenvalue weighted by atomic mass is 9.73. The second-order valence-electron chi connectivity index (χ2n) is 8.98. The lowest BCUT2D eigenvalue weighted by molar-refractivity contribution is -0.143. The average molecular weight is 369 g/mol. The highest BCUT2D eigenvalue weighted by Crippen LogP contribution is 2.40. The van der Waals surface area contributed by atoms with E-state index in [4.69, 9.17) is 0 Å². The van der Waals surface area contributed by atoms with Gasteiger partial charge in [-0.05, 0) is 55.6 Å². The summed E-state index contributed by atoms with van der Waals surface area (Å²) in [5.74, 6) is 1.30. The van der Waals surface area contributed by atoms with Crippen LogP contribution >= 0.6 is 0 Å². The molecular formula is C23H32N2O2. The molecule has 0 bridgehead atoms. The fourth-order valence-corrected chi connectivity index (χ4v) is 4.81. The van der Waals surface area contributed by atoms with Crippen LogP contribution in [0.15, 0.2) is 24.3 Å². The molecule has 2 heterocycles. The number of hydrogen-bond acceptors (Lipinski definition) is 2. The molecule has 1 aromatic carbocycles. The van der Waals surface area contributed by atoms with Crippen molar-refractivity contribution in [1.29, 1.82) is 0 Å². The van der Waals surface area contributed by atoms with Gasteiger partial charge in [0, 0.05) is 38.0 Å². The first-order valence-electron chi connectivity index (χ1n) is 10.7. The minimum atomic E-state index is 0.128. The first kappa shape index (κ1) is 18.5. The largest absolute Gasteiger partial charge is 0.342 e. The van der Waals surface area contributed by atoms with Gasteiger partial charge in [-0.3, -0.25) is 9.59 Å². The number of benzene rings is 1. The van der Waals surface area contributed by atoms with Gasteiger partial charge in [0.15, 0.2) is 0 Å². The Morgan fingerprint density at radius 1 is 1.11 bits per heavy atom. The van der Waals surface area contributed by atoms with Crippen molar-refractivity contribution in [2.45, 2.75) is 58.3 Å². The van der Waals surface area contributed by atoms with Crippen LogP contribution in [0, 0.1) is 11.3 Å². The highest BCUT2D eigenvalue weighted by Gasteiger charge is 2.43. The van der Waals surface area contributed by atoms with E-state index in [1.54, 1.807) is 0 Å². The van der Waals surface area contributed by atoms with Gasteiger partial charge in [-0.25, -0.2) is 0 Å². The fourth-order valence-electron chi connectivity index (χ4n) is 4.81. The number of piperidine rings is 2. The van der Waals surface area contributed by atoms with E-state index in [0.29, 0.717) is 18.7 Å². The summed E-state index contributed by atoms with van der Waals surface area (Å²) in [6, 6.07) is 8.44. The molecule has 2 aliphatic heterocycles. The first-order valence-corrected chi connectivity index (χ1v) is 10.7. The molecule has 2 amide bonds. The molecule has 3 fully saturated rings. The van der Waals surface area contributed by atoms with E-state index < -0.39 is 0 Å². The average Bonchev–Trinajstić information content (AvgIpc) is 3.50. The summed E-state index contributed by atoms with van der Waals surface area (Å²) in [6.07, 6.45) is 7.89. The number of carbonyl (C=O) groups excluding carboxylic acids is 2. The molecule has 2 saturated heterocycles. The molecule has 0 aromatic heterocycles. The Kier molecular flexibility index (Phi) is 5.25. The third kappa shape index (κ3) is 4.36. The smallest absolute Gasteiger partial charge is 0.227 e. The molecule has 0 N–H and O–H groups in total. The number of carbonyl (C=O) groups is 2. The Hall–Kier alpha value is -1.84. The standard InChI is InChI=1S/C23H32N2O2/c1-2-18-4-6-19(7-5-18)14-22(27)24-13-3-11-23(16-24)12-10-21(26)25(17-23)15-20-8-9-20/h4-7,20H,2-3,8-17H2,1H3/t23-/m0/s1. The van der Waals surface area contributed by atoms with Gasteiger partial charge in [-0.1, -0.05) is 31.2 Å². The maximum atomic E-state index is 12.9. The SMILES string of the molecule is CCc1ccc(CC(=O)N2CCC[C@]3(CCC(=O)N(CC4CC4)C3)C2)cc1. The van der Waals surface area contributed by atoms with Gasteiger partial charge in [-0.15, -0.1) is 0 Å². The van der Waals surface area contributed by atoms with Crippen LogP contribution in [0.4, 0.5) is 0 Å². The zero-order chi connectivity index (χ0) is 18.9. The second kappa shape index (κ2) is 7.65. The zero-order valence-electron chi connectivity index (χ0n) is 16.6. The molecule has 1 aliphatic carbocycles. The normalized spacial score (nSPS) is 25.9. The molecule has 146 valence electrons. The molecule has 1 spiro atoms. The maximum Gasteiger partial charge on any atom is 0.227 e. The van der Waals surface area contributed by atoms with E-state index in [2.05, 4.69) is 41.0 Å². The summed E-state index contributed by atoms with van der Waals surface area (Å²) < 4.78 is 0. The summed E-state index contributed by atoms with van der Waals surface area (Å²) in [5, 5.41) is 0. The van der Waals surface area contributed by atoms with Crippen LogP contribution in [0.5, 0.6) is 0 Å². The molecule has 1 aromatic rings. The van der Waals surface area contributed by atoms with Crippen molar-refractivity contribution in [2.24, 2.45) is 11.3 Å². The Bertz CT molecular complexity index is 695. The summed E-state index contributed by atoms with van der Waals surface area (Å²) in [7, 11) is 0. The van der Waals surface area contributed by atoms with Crippen LogP contribution in [0.25, 0.3) is 0 Å². The Morgan fingerprint density at radius 3 is 2.56 bits per heavy atom. The molecule has 0 radical (unpaired) electrons. The highest BCUT2D eigenvalue weighted by atomic mass is 16.2. The van der Waals surface area contributed by atoms with Gasteiger partial charge in [0.1, 0.15) is 0 Å². The molecular weight excluding hydrogens is 336 g/mol. The van der Waals surface area contributed by atoms with Crippen molar-refractivity contribution < 1.29 is 9.59 Å². The fraction of sp³-hybridized carbons (Fsp3) is 0.652. The predicted molar refractivity (Wildman–Crippen MR) is 106 cm³/mol. The van der Waals surface area contributed by atoms with E-state index >= 15 is 0 Å². The lowest BCUT2D eigenvalue weighted by Crippen LogP contribution is -2.55. The molecule has 27 heavy (non-hydrogen) atoms.